The number of piperazine rings is 1. The predicted octanol–water partition coefficient (Wildman–Crippen LogP) is 5.76. The number of anilines is 1. The number of hydrogen-bond donors (Lipinski definition) is 0. The topological polar surface area (TPSA) is 39.9 Å². The maximum atomic E-state index is 5.13. The molecule has 4 aromatic rings. The minimum absolute atomic E-state index is 0.298. The van der Waals surface area contributed by atoms with Crippen molar-refractivity contribution in [2.75, 3.05) is 38.1 Å². The molecule has 3 aromatic heterocycles. The van der Waals surface area contributed by atoms with Gasteiger partial charge in [-0.15, -0.1) is 0 Å². The molecule has 39 heavy (non-hydrogen) atoms. The molecule has 1 aromatic carbocycles. The molecule has 6 nitrogen and oxygen atoms in total. The van der Waals surface area contributed by atoms with Crippen LogP contribution >= 0.6 is 0 Å². The fraction of sp³-hybridized carbons (Fsp3) is 0.455. The zero-order valence-corrected chi connectivity index (χ0v) is 23.8. The highest BCUT2D eigenvalue weighted by atomic mass is 15.3. The monoisotopic (exact) mass is 522 g/mol. The lowest BCUT2D eigenvalue weighted by atomic mass is 9.90. The van der Waals surface area contributed by atoms with Crippen molar-refractivity contribution in [1.29, 1.82) is 0 Å². The van der Waals surface area contributed by atoms with E-state index in [9.17, 15) is 0 Å². The predicted molar refractivity (Wildman–Crippen MR) is 159 cm³/mol. The van der Waals surface area contributed by atoms with E-state index in [1.54, 1.807) is 0 Å². The molecule has 6 rings (SSSR count). The number of likely N-dealkylation sites (N-methyl/N-ethyl adjacent to an activating group) is 1. The highest BCUT2D eigenvalue weighted by Crippen LogP contribution is 2.35. The fourth-order valence-electron chi connectivity index (χ4n) is 6.33. The summed E-state index contributed by atoms with van der Waals surface area (Å²) in [6.07, 6.45) is 8.81. The summed E-state index contributed by atoms with van der Waals surface area (Å²) in [7, 11) is 2.21. The van der Waals surface area contributed by atoms with Crippen molar-refractivity contribution in [2.45, 2.75) is 58.7 Å². The molecule has 0 radical (unpaired) electrons. The molecule has 1 fully saturated rings. The lowest BCUT2D eigenvalue weighted by Crippen LogP contribution is -2.45. The average Bonchev–Trinajstić information content (AvgIpc) is 3.36. The maximum absolute atomic E-state index is 5.13. The maximum Gasteiger partial charge on any atom is 0.138 e. The van der Waals surface area contributed by atoms with Crippen molar-refractivity contribution in [1.82, 2.24) is 24.2 Å². The Bertz CT molecular complexity index is 1380. The van der Waals surface area contributed by atoms with Gasteiger partial charge >= 0.3 is 0 Å². The Labute approximate surface area is 233 Å². The van der Waals surface area contributed by atoms with E-state index in [0.717, 1.165) is 69.9 Å². The highest BCUT2D eigenvalue weighted by Gasteiger charge is 2.28. The van der Waals surface area contributed by atoms with Crippen LogP contribution in [-0.2, 0) is 25.9 Å². The van der Waals surface area contributed by atoms with E-state index in [4.69, 9.17) is 9.97 Å². The zero-order valence-electron chi connectivity index (χ0n) is 23.8. The van der Waals surface area contributed by atoms with Crippen LogP contribution in [0.4, 0.5) is 5.82 Å². The third-order valence-electron chi connectivity index (χ3n) is 8.37. The van der Waals surface area contributed by atoms with Gasteiger partial charge in [-0.1, -0.05) is 50.2 Å². The van der Waals surface area contributed by atoms with Gasteiger partial charge in [0.05, 0.1) is 17.4 Å². The van der Waals surface area contributed by atoms with Crippen molar-refractivity contribution >= 4 is 11.5 Å². The van der Waals surface area contributed by atoms with E-state index in [2.05, 4.69) is 101 Å². The van der Waals surface area contributed by atoms with Crippen LogP contribution in [0, 0.1) is 5.92 Å². The average molecular weight is 523 g/mol. The number of fused-ring (bicyclic) bond motifs is 2. The van der Waals surface area contributed by atoms with Gasteiger partial charge < -0.3 is 9.80 Å². The summed E-state index contributed by atoms with van der Waals surface area (Å²) < 4.78 is 2.30. The SMILES string of the molecule is CC(C)Cc1ccc(CN(Cc2cn3c(N4CCN(C)CC4)cccc3n2)[C@H]2CCCc3cccnc32)cc1. The number of aromatic nitrogens is 3. The van der Waals surface area contributed by atoms with E-state index >= 15 is 0 Å². The van der Waals surface area contributed by atoms with E-state index in [1.165, 1.54) is 34.6 Å². The first kappa shape index (κ1) is 26.0. The quantitative estimate of drug-likeness (QED) is 0.294. The Hall–Kier alpha value is -3.22. The van der Waals surface area contributed by atoms with Gasteiger partial charge in [0.1, 0.15) is 11.5 Å². The molecular formula is C33H42N6. The second-order valence-corrected chi connectivity index (χ2v) is 11.9. The summed E-state index contributed by atoms with van der Waals surface area (Å²) in [4.78, 5) is 17.5. The number of pyridine rings is 2. The van der Waals surface area contributed by atoms with Gasteiger partial charge in [-0.3, -0.25) is 14.3 Å². The number of rotatable bonds is 8. The van der Waals surface area contributed by atoms with Crippen LogP contribution in [0.25, 0.3) is 5.65 Å². The molecule has 1 aliphatic heterocycles. The summed E-state index contributed by atoms with van der Waals surface area (Å²) in [6.45, 7) is 10.5. The van der Waals surface area contributed by atoms with Crippen molar-refractivity contribution in [2.24, 2.45) is 5.92 Å². The highest BCUT2D eigenvalue weighted by molar-refractivity contribution is 5.53. The third kappa shape index (κ3) is 5.87. The van der Waals surface area contributed by atoms with Gasteiger partial charge in [-0.05, 0) is 73.5 Å². The van der Waals surface area contributed by atoms with Crippen molar-refractivity contribution < 1.29 is 0 Å². The molecule has 0 bridgehead atoms. The fourth-order valence-corrected chi connectivity index (χ4v) is 6.33. The lowest BCUT2D eigenvalue weighted by Gasteiger charge is -2.35. The minimum atomic E-state index is 0.298. The van der Waals surface area contributed by atoms with Gasteiger partial charge in [0.25, 0.3) is 0 Å². The van der Waals surface area contributed by atoms with Crippen LogP contribution in [0.3, 0.4) is 0 Å². The van der Waals surface area contributed by atoms with E-state index in [0.29, 0.717) is 12.0 Å². The van der Waals surface area contributed by atoms with Crippen LogP contribution in [0.1, 0.15) is 60.8 Å². The molecule has 204 valence electrons. The van der Waals surface area contributed by atoms with Crippen LogP contribution in [0.15, 0.2) is 67.0 Å². The Morgan fingerprint density at radius 3 is 2.51 bits per heavy atom. The molecule has 4 heterocycles. The van der Waals surface area contributed by atoms with E-state index in [-0.39, 0.29) is 0 Å². The Morgan fingerprint density at radius 2 is 1.72 bits per heavy atom. The smallest absolute Gasteiger partial charge is 0.138 e. The first-order chi connectivity index (χ1) is 19.0. The lowest BCUT2D eigenvalue weighted by molar-refractivity contribution is 0.155. The van der Waals surface area contributed by atoms with Gasteiger partial charge in [0.15, 0.2) is 0 Å². The molecule has 0 spiro atoms. The van der Waals surface area contributed by atoms with Crippen LogP contribution in [0.2, 0.25) is 0 Å². The molecule has 0 N–H and O–H groups in total. The zero-order chi connectivity index (χ0) is 26.8. The van der Waals surface area contributed by atoms with Crippen LogP contribution in [-0.4, -0.2) is 57.4 Å². The Kier molecular flexibility index (Phi) is 7.67. The van der Waals surface area contributed by atoms with Crippen LogP contribution < -0.4 is 4.90 Å². The van der Waals surface area contributed by atoms with Gasteiger partial charge in [0, 0.05) is 51.7 Å². The van der Waals surface area contributed by atoms with E-state index < -0.39 is 0 Å². The number of benzene rings is 1. The Balaban J connectivity index is 1.30. The molecule has 1 aliphatic carbocycles. The first-order valence-electron chi connectivity index (χ1n) is 14.7. The molecule has 0 unspecified atom stereocenters. The summed E-state index contributed by atoms with van der Waals surface area (Å²) in [6, 6.07) is 20.4. The van der Waals surface area contributed by atoms with Gasteiger partial charge in [-0.25, -0.2) is 4.98 Å². The molecular weight excluding hydrogens is 480 g/mol. The first-order valence-corrected chi connectivity index (χ1v) is 14.7. The summed E-state index contributed by atoms with van der Waals surface area (Å²) in [5.74, 6) is 1.92. The molecule has 6 heteroatoms. The van der Waals surface area contributed by atoms with Crippen molar-refractivity contribution in [3.05, 3.63) is 95.1 Å². The van der Waals surface area contributed by atoms with Crippen molar-refractivity contribution in [3.63, 3.8) is 0 Å². The molecule has 2 aliphatic rings. The van der Waals surface area contributed by atoms with Crippen LogP contribution in [0.5, 0.6) is 0 Å². The van der Waals surface area contributed by atoms with Gasteiger partial charge in [0.2, 0.25) is 0 Å². The summed E-state index contributed by atoms with van der Waals surface area (Å²) >= 11 is 0. The number of hydrogen-bond acceptors (Lipinski definition) is 5. The Morgan fingerprint density at radius 1 is 0.923 bits per heavy atom. The number of aryl methyl sites for hydroxylation is 1. The van der Waals surface area contributed by atoms with Crippen molar-refractivity contribution in [3.8, 4) is 0 Å². The normalized spacial score (nSPS) is 18.3. The molecule has 1 saturated heterocycles. The standard InChI is InChI=1S/C33H42N6/c1-25(2)21-26-12-14-27(15-13-26)22-38(30-9-4-7-28-8-6-16-34-33(28)30)23-29-24-39-31(35-29)10-5-11-32(39)37-19-17-36(3)18-20-37/h5-6,8,10-16,24-25,30H,4,7,9,17-23H2,1-3H3/t30-/m0/s1. The summed E-state index contributed by atoms with van der Waals surface area (Å²) in [5, 5.41) is 0. The molecule has 1 atom stereocenters. The number of nitrogens with zero attached hydrogens (tertiary/aromatic N) is 6. The largest absolute Gasteiger partial charge is 0.355 e. The van der Waals surface area contributed by atoms with Gasteiger partial charge in [-0.2, -0.15) is 0 Å². The minimum Gasteiger partial charge on any atom is -0.355 e. The second-order valence-electron chi connectivity index (χ2n) is 11.9. The molecule has 0 saturated carbocycles. The molecule has 0 amide bonds. The number of imidazole rings is 1. The second kappa shape index (κ2) is 11.5. The van der Waals surface area contributed by atoms with E-state index in [1.807, 2.05) is 6.20 Å². The summed E-state index contributed by atoms with van der Waals surface area (Å²) in [5.41, 5.74) is 7.58. The third-order valence-corrected chi connectivity index (χ3v) is 8.37.